The van der Waals surface area contributed by atoms with Crippen LogP contribution >= 0.6 is 27.5 Å². The first kappa shape index (κ1) is 14.2. The van der Waals surface area contributed by atoms with Gasteiger partial charge in [-0.05, 0) is 30.5 Å². The van der Waals surface area contributed by atoms with Crippen molar-refractivity contribution < 1.29 is 4.74 Å². The Morgan fingerprint density at radius 1 is 1.50 bits per heavy atom. The lowest BCUT2D eigenvalue weighted by Crippen LogP contribution is -2.32. The van der Waals surface area contributed by atoms with Crippen molar-refractivity contribution in [2.75, 3.05) is 24.6 Å². The molecule has 1 aliphatic rings. The van der Waals surface area contributed by atoms with E-state index >= 15 is 0 Å². The van der Waals surface area contributed by atoms with Crippen LogP contribution < -0.4 is 4.90 Å². The largest absolute Gasteiger partial charge is 0.376 e. The number of alkyl halides is 1. The van der Waals surface area contributed by atoms with Crippen molar-refractivity contribution in [2.45, 2.75) is 31.2 Å². The van der Waals surface area contributed by atoms with Gasteiger partial charge in [-0.1, -0.05) is 40.5 Å². The molecule has 0 radical (unpaired) electrons. The molecule has 1 aromatic carbocycles. The molecule has 100 valence electrons. The van der Waals surface area contributed by atoms with Gasteiger partial charge in [-0.3, -0.25) is 0 Å². The average molecular weight is 333 g/mol. The molecular formula is C14H19BrClNO. The highest BCUT2D eigenvalue weighted by molar-refractivity contribution is 9.08. The van der Waals surface area contributed by atoms with Crippen molar-refractivity contribution >= 4 is 33.2 Å². The van der Waals surface area contributed by atoms with Gasteiger partial charge in [-0.2, -0.15) is 0 Å². The Hall–Kier alpha value is -0.250. The molecular weight excluding hydrogens is 314 g/mol. The second-order valence-electron chi connectivity index (χ2n) is 4.61. The third-order valence-corrected chi connectivity index (χ3v) is 4.18. The molecule has 2 rings (SSSR count). The van der Waals surface area contributed by atoms with Crippen molar-refractivity contribution in [3.8, 4) is 0 Å². The Labute approximate surface area is 122 Å². The summed E-state index contributed by atoms with van der Waals surface area (Å²) in [6, 6.07) is 6.11. The zero-order chi connectivity index (χ0) is 13.0. The van der Waals surface area contributed by atoms with Crippen LogP contribution in [0.3, 0.4) is 0 Å². The Kier molecular flexibility index (Phi) is 5.34. The maximum absolute atomic E-state index is 6.13. The molecule has 0 spiro atoms. The minimum absolute atomic E-state index is 0.328. The molecule has 1 aromatic rings. The van der Waals surface area contributed by atoms with Crippen LogP contribution in [0.25, 0.3) is 0 Å². The van der Waals surface area contributed by atoms with E-state index in [-0.39, 0.29) is 0 Å². The van der Waals surface area contributed by atoms with Gasteiger partial charge in [0.25, 0.3) is 0 Å². The predicted molar refractivity (Wildman–Crippen MR) is 80.9 cm³/mol. The summed E-state index contributed by atoms with van der Waals surface area (Å²) < 4.78 is 5.82. The zero-order valence-corrected chi connectivity index (χ0v) is 13.0. The molecule has 1 atom stereocenters. The maximum Gasteiger partial charge on any atom is 0.0747 e. The fourth-order valence-electron chi connectivity index (χ4n) is 2.31. The van der Waals surface area contributed by atoms with Gasteiger partial charge < -0.3 is 9.64 Å². The number of rotatable bonds is 3. The van der Waals surface area contributed by atoms with Gasteiger partial charge in [0.15, 0.2) is 0 Å². The van der Waals surface area contributed by atoms with Crippen molar-refractivity contribution in [1.82, 2.24) is 0 Å². The molecule has 0 saturated carbocycles. The molecule has 0 aromatic heterocycles. The molecule has 4 heteroatoms. The summed E-state index contributed by atoms with van der Waals surface area (Å²) >= 11 is 9.68. The average Bonchev–Trinajstić information content (AvgIpc) is 2.64. The second kappa shape index (κ2) is 6.78. The van der Waals surface area contributed by atoms with Crippen LogP contribution in [0.4, 0.5) is 5.69 Å². The molecule has 1 heterocycles. The van der Waals surface area contributed by atoms with Crippen LogP contribution in [0.5, 0.6) is 0 Å². The third-order valence-electron chi connectivity index (χ3n) is 3.34. The van der Waals surface area contributed by atoms with E-state index in [0.29, 0.717) is 6.10 Å². The fraction of sp³-hybridized carbons (Fsp3) is 0.571. The number of nitrogens with zero attached hydrogens (tertiary/aromatic N) is 1. The monoisotopic (exact) mass is 331 g/mol. The number of hydrogen-bond donors (Lipinski definition) is 0. The summed E-state index contributed by atoms with van der Waals surface area (Å²) in [6.45, 7) is 5.03. The molecule has 1 unspecified atom stereocenters. The van der Waals surface area contributed by atoms with Crippen molar-refractivity contribution in [1.29, 1.82) is 0 Å². The lowest BCUT2D eigenvalue weighted by molar-refractivity contribution is 0.0664. The van der Waals surface area contributed by atoms with E-state index in [9.17, 15) is 0 Å². The van der Waals surface area contributed by atoms with Gasteiger partial charge in [0.05, 0.1) is 6.10 Å². The van der Waals surface area contributed by atoms with Crippen LogP contribution in [0.2, 0.25) is 5.02 Å². The maximum atomic E-state index is 6.13. The molecule has 0 aliphatic carbocycles. The highest BCUT2D eigenvalue weighted by atomic mass is 79.9. The minimum Gasteiger partial charge on any atom is -0.376 e. The molecule has 2 nitrogen and oxygen atoms in total. The summed E-state index contributed by atoms with van der Waals surface area (Å²) in [5.74, 6) is 0. The summed E-state index contributed by atoms with van der Waals surface area (Å²) in [4.78, 5) is 2.41. The first-order chi connectivity index (χ1) is 8.74. The lowest BCUT2D eigenvalue weighted by Gasteiger charge is -2.27. The fourth-order valence-corrected chi connectivity index (χ4v) is 2.95. The van der Waals surface area contributed by atoms with E-state index in [0.717, 1.165) is 42.9 Å². The van der Waals surface area contributed by atoms with Crippen LogP contribution in [-0.4, -0.2) is 25.8 Å². The Bertz CT molecular complexity index is 399. The first-order valence-electron chi connectivity index (χ1n) is 6.45. The number of hydrogen-bond acceptors (Lipinski definition) is 2. The van der Waals surface area contributed by atoms with Crippen LogP contribution in [-0.2, 0) is 10.1 Å². The summed E-state index contributed by atoms with van der Waals surface area (Å²) in [5.41, 5.74) is 2.53. The molecule has 1 fully saturated rings. The number of anilines is 1. The second-order valence-corrected chi connectivity index (χ2v) is 5.60. The molecule has 1 saturated heterocycles. The number of benzene rings is 1. The lowest BCUT2D eigenvalue weighted by atomic mass is 10.1. The highest BCUT2D eigenvalue weighted by Crippen LogP contribution is 2.28. The van der Waals surface area contributed by atoms with E-state index in [1.54, 1.807) is 0 Å². The van der Waals surface area contributed by atoms with Crippen molar-refractivity contribution in [2.24, 2.45) is 0 Å². The molecule has 0 bridgehead atoms. The Balaban J connectivity index is 2.25. The van der Waals surface area contributed by atoms with Gasteiger partial charge in [0.1, 0.15) is 0 Å². The molecule has 1 aliphatic heterocycles. The van der Waals surface area contributed by atoms with E-state index < -0.39 is 0 Å². The van der Waals surface area contributed by atoms with Gasteiger partial charge in [0, 0.05) is 35.7 Å². The first-order valence-corrected chi connectivity index (χ1v) is 7.95. The third kappa shape index (κ3) is 3.40. The van der Waals surface area contributed by atoms with Gasteiger partial charge in [0.2, 0.25) is 0 Å². The van der Waals surface area contributed by atoms with E-state index in [2.05, 4.69) is 39.9 Å². The molecule has 0 N–H and O–H groups in total. The smallest absolute Gasteiger partial charge is 0.0747 e. The van der Waals surface area contributed by atoms with E-state index in [4.69, 9.17) is 16.3 Å². The van der Waals surface area contributed by atoms with Crippen LogP contribution in [0, 0.1) is 0 Å². The van der Waals surface area contributed by atoms with Gasteiger partial charge in [-0.25, -0.2) is 0 Å². The zero-order valence-electron chi connectivity index (χ0n) is 10.7. The van der Waals surface area contributed by atoms with Crippen LogP contribution in [0.1, 0.15) is 25.3 Å². The van der Waals surface area contributed by atoms with Crippen molar-refractivity contribution in [3.63, 3.8) is 0 Å². The molecule has 0 amide bonds. The summed E-state index contributed by atoms with van der Waals surface area (Å²) in [5, 5.41) is 1.65. The standard InChI is InChI=1S/C14H19BrClNO/c1-2-13-10-17(6-3-7-18-13)14-8-12(16)5-4-11(14)9-15/h4-5,8,13H,2-3,6-7,9-10H2,1H3. The Morgan fingerprint density at radius 2 is 2.33 bits per heavy atom. The number of ether oxygens (including phenoxy) is 1. The van der Waals surface area contributed by atoms with Gasteiger partial charge in [-0.15, -0.1) is 0 Å². The summed E-state index contributed by atoms with van der Waals surface area (Å²) in [7, 11) is 0. The predicted octanol–water partition coefficient (Wildman–Crippen LogP) is 4.24. The number of halogens is 2. The van der Waals surface area contributed by atoms with Gasteiger partial charge >= 0.3 is 0 Å². The summed E-state index contributed by atoms with van der Waals surface area (Å²) in [6.07, 6.45) is 2.46. The highest BCUT2D eigenvalue weighted by Gasteiger charge is 2.19. The topological polar surface area (TPSA) is 12.5 Å². The van der Waals surface area contributed by atoms with Crippen molar-refractivity contribution in [3.05, 3.63) is 28.8 Å². The Morgan fingerprint density at radius 3 is 3.06 bits per heavy atom. The van der Waals surface area contributed by atoms with Crippen LogP contribution in [0.15, 0.2) is 18.2 Å². The SMILES string of the molecule is CCC1CN(c2cc(Cl)ccc2CBr)CCCO1. The molecule has 18 heavy (non-hydrogen) atoms. The normalized spacial score (nSPS) is 20.8. The minimum atomic E-state index is 0.328. The van der Waals surface area contributed by atoms with E-state index in [1.165, 1.54) is 11.3 Å². The quantitative estimate of drug-likeness (QED) is 0.768. The van der Waals surface area contributed by atoms with E-state index in [1.807, 2.05) is 6.07 Å².